The summed E-state index contributed by atoms with van der Waals surface area (Å²) in [6.07, 6.45) is 8.90. The molecule has 7 nitrogen and oxygen atoms in total. The minimum Gasteiger partial charge on any atom is -0.356 e. The molecule has 2 aromatic heterocycles. The maximum absolute atomic E-state index is 4.41. The first-order valence-corrected chi connectivity index (χ1v) is 9.62. The first-order chi connectivity index (χ1) is 12.7. The smallest absolute Gasteiger partial charge is 0.193 e. The average Bonchev–Trinajstić information content (AvgIpc) is 3.13. The van der Waals surface area contributed by atoms with E-state index in [9.17, 15) is 0 Å². The molecule has 0 unspecified atom stereocenters. The number of aliphatic imine (C=N–C) groups is 1. The molecule has 0 bridgehead atoms. The number of fused-ring (bicyclic) bond motifs is 1. The van der Waals surface area contributed by atoms with Crippen LogP contribution in [0.15, 0.2) is 23.3 Å². The number of hydrogen-bond donors (Lipinski definition) is 1. The first kappa shape index (κ1) is 18.5. The Balaban J connectivity index is 1.46. The lowest BCUT2D eigenvalue weighted by Gasteiger charge is -2.22. The van der Waals surface area contributed by atoms with Crippen LogP contribution in [0.3, 0.4) is 0 Å². The third-order valence-corrected chi connectivity index (χ3v) is 5.07. The highest BCUT2D eigenvalue weighted by Gasteiger charge is 2.14. The second-order valence-corrected chi connectivity index (χ2v) is 7.04. The number of aromatic nitrogens is 4. The van der Waals surface area contributed by atoms with E-state index in [1.54, 1.807) is 0 Å². The van der Waals surface area contributed by atoms with Crippen LogP contribution >= 0.6 is 0 Å². The van der Waals surface area contributed by atoms with E-state index in [4.69, 9.17) is 0 Å². The summed E-state index contributed by atoms with van der Waals surface area (Å²) in [5.41, 5.74) is 1.27. The summed E-state index contributed by atoms with van der Waals surface area (Å²) < 4.78 is 4.48. The molecule has 3 heterocycles. The highest BCUT2D eigenvalue weighted by molar-refractivity contribution is 5.79. The van der Waals surface area contributed by atoms with Crippen LogP contribution in [0.4, 0.5) is 0 Å². The van der Waals surface area contributed by atoms with Gasteiger partial charge in [-0.05, 0) is 31.4 Å². The van der Waals surface area contributed by atoms with Gasteiger partial charge in [0.2, 0.25) is 0 Å². The Labute approximate surface area is 156 Å². The van der Waals surface area contributed by atoms with Crippen LogP contribution in [0.1, 0.15) is 43.0 Å². The summed E-state index contributed by atoms with van der Waals surface area (Å²) in [7, 11) is 5.98. The van der Waals surface area contributed by atoms with Crippen molar-refractivity contribution in [2.45, 2.75) is 51.6 Å². The largest absolute Gasteiger partial charge is 0.356 e. The van der Waals surface area contributed by atoms with E-state index in [0.717, 1.165) is 50.7 Å². The Morgan fingerprint density at radius 1 is 1.31 bits per heavy atom. The van der Waals surface area contributed by atoms with Crippen LogP contribution < -0.4 is 5.32 Å². The molecule has 1 N–H and O–H groups in total. The third kappa shape index (κ3) is 4.45. The van der Waals surface area contributed by atoms with Crippen LogP contribution in [0.2, 0.25) is 0 Å². The molecule has 26 heavy (non-hydrogen) atoms. The van der Waals surface area contributed by atoms with E-state index in [1.165, 1.54) is 30.8 Å². The van der Waals surface area contributed by atoms with Crippen molar-refractivity contribution in [1.82, 2.24) is 29.5 Å². The second kappa shape index (κ2) is 8.87. The second-order valence-electron chi connectivity index (χ2n) is 7.04. The summed E-state index contributed by atoms with van der Waals surface area (Å²) in [5, 5.41) is 12.3. The predicted octanol–water partition coefficient (Wildman–Crippen LogP) is 1.98. The van der Waals surface area contributed by atoms with Gasteiger partial charge in [-0.15, -0.1) is 10.2 Å². The minimum absolute atomic E-state index is 0.834. The molecule has 0 fully saturated rings. The van der Waals surface area contributed by atoms with Gasteiger partial charge in [0.25, 0.3) is 0 Å². The number of aryl methyl sites for hydroxylation is 3. The fraction of sp³-hybridized carbons (Fsp3) is 0.632. The highest BCUT2D eigenvalue weighted by Crippen LogP contribution is 2.15. The fourth-order valence-corrected chi connectivity index (χ4v) is 3.54. The van der Waals surface area contributed by atoms with Gasteiger partial charge >= 0.3 is 0 Å². The summed E-state index contributed by atoms with van der Waals surface area (Å²) in [5.74, 6) is 3.23. The van der Waals surface area contributed by atoms with Gasteiger partial charge in [0, 0.05) is 59.0 Å². The van der Waals surface area contributed by atoms with Gasteiger partial charge in [0.05, 0.1) is 6.54 Å². The first-order valence-electron chi connectivity index (χ1n) is 9.62. The van der Waals surface area contributed by atoms with E-state index in [2.05, 4.69) is 67.0 Å². The summed E-state index contributed by atoms with van der Waals surface area (Å²) in [4.78, 5) is 6.56. The van der Waals surface area contributed by atoms with Crippen molar-refractivity contribution in [2.24, 2.45) is 12.0 Å². The topological polar surface area (TPSA) is 63.3 Å². The van der Waals surface area contributed by atoms with Gasteiger partial charge in [-0.1, -0.05) is 6.42 Å². The zero-order valence-corrected chi connectivity index (χ0v) is 16.3. The molecule has 7 heteroatoms. The standard InChI is InChI=1S/C19H31N7/c1-20-19(25(3)15-16-9-8-13-24(16)2)21-12-7-11-18-23-22-17-10-5-4-6-14-26(17)18/h8-9,13H,4-7,10-12,14-15H2,1-3H3,(H,20,21). The molecule has 0 saturated carbocycles. The molecular formula is C19H31N7. The van der Waals surface area contributed by atoms with Crippen molar-refractivity contribution in [1.29, 1.82) is 0 Å². The zero-order chi connectivity index (χ0) is 18.4. The molecular weight excluding hydrogens is 326 g/mol. The molecule has 142 valence electrons. The van der Waals surface area contributed by atoms with Crippen molar-refractivity contribution in [3.63, 3.8) is 0 Å². The molecule has 3 rings (SSSR count). The Bertz CT molecular complexity index is 728. The molecule has 0 amide bonds. The highest BCUT2D eigenvalue weighted by atomic mass is 15.3. The van der Waals surface area contributed by atoms with E-state index < -0.39 is 0 Å². The maximum atomic E-state index is 4.41. The van der Waals surface area contributed by atoms with E-state index in [1.807, 2.05) is 7.05 Å². The Morgan fingerprint density at radius 3 is 2.96 bits per heavy atom. The Morgan fingerprint density at radius 2 is 2.19 bits per heavy atom. The summed E-state index contributed by atoms with van der Waals surface area (Å²) in [6.45, 7) is 2.79. The molecule has 0 radical (unpaired) electrons. The predicted molar refractivity (Wildman–Crippen MR) is 104 cm³/mol. The lowest BCUT2D eigenvalue weighted by molar-refractivity contribution is 0.460. The van der Waals surface area contributed by atoms with E-state index >= 15 is 0 Å². The maximum Gasteiger partial charge on any atom is 0.193 e. The van der Waals surface area contributed by atoms with Gasteiger partial charge in [0.15, 0.2) is 5.96 Å². The quantitative estimate of drug-likeness (QED) is 0.488. The number of rotatable bonds is 6. The van der Waals surface area contributed by atoms with Crippen molar-refractivity contribution in [3.05, 3.63) is 35.7 Å². The van der Waals surface area contributed by atoms with Crippen molar-refractivity contribution in [3.8, 4) is 0 Å². The molecule has 1 aliphatic rings. The van der Waals surface area contributed by atoms with E-state index in [0.29, 0.717) is 0 Å². The average molecular weight is 358 g/mol. The minimum atomic E-state index is 0.834. The Hall–Kier alpha value is -2.31. The lowest BCUT2D eigenvalue weighted by Crippen LogP contribution is -2.39. The lowest BCUT2D eigenvalue weighted by atomic mass is 10.2. The molecule has 0 saturated heterocycles. The fourth-order valence-electron chi connectivity index (χ4n) is 3.54. The van der Waals surface area contributed by atoms with Gasteiger partial charge in [-0.2, -0.15) is 0 Å². The Kier molecular flexibility index (Phi) is 6.30. The van der Waals surface area contributed by atoms with Gasteiger partial charge < -0.3 is 19.4 Å². The van der Waals surface area contributed by atoms with Gasteiger partial charge in [-0.3, -0.25) is 4.99 Å². The number of nitrogens with one attached hydrogen (secondary N) is 1. The normalized spacial score (nSPS) is 14.8. The molecule has 0 aromatic carbocycles. The van der Waals surface area contributed by atoms with Gasteiger partial charge in [-0.25, -0.2) is 0 Å². The van der Waals surface area contributed by atoms with Crippen LogP contribution in [0, 0.1) is 0 Å². The molecule has 0 atom stereocenters. The van der Waals surface area contributed by atoms with Crippen LogP contribution in [0.5, 0.6) is 0 Å². The third-order valence-electron chi connectivity index (χ3n) is 5.07. The van der Waals surface area contributed by atoms with Crippen LogP contribution in [-0.4, -0.2) is 50.8 Å². The van der Waals surface area contributed by atoms with Crippen molar-refractivity contribution < 1.29 is 0 Å². The number of hydrogen-bond acceptors (Lipinski definition) is 3. The van der Waals surface area contributed by atoms with Crippen LogP contribution in [0.25, 0.3) is 0 Å². The molecule has 1 aliphatic heterocycles. The van der Waals surface area contributed by atoms with Crippen molar-refractivity contribution in [2.75, 3.05) is 20.6 Å². The van der Waals surface area contributed by atoms with Gasteiger partial charge in [0.1, 0.15) is 11.6 Å². The van der Waals surface area contributed by atoms with Crippen LogP contribution in [-0.2, 0) is 33.0 Å². The van der Waals surface area contributed by atoms with Crippen molar-refractivity contribution >= 4 is 5.96 Å². The molecule has 2 aromatic rings. The zero-order valence-electron chi connectivity index (χ0n) is 16.3. The monoisotopic (exact) mass is 357 g/mol. The molecule has 0 aliphatic carbocycles. The summed E-state index contributed by atoms with van der Waals surface area (Å²) in [6, 6.07) is 4.21. The number of nitrogens with zero attached hydrogens (tertiary/aromatic N) is 6. The van der Waals surface area contributed by atoms with E-state index in [-0.39, 0.29) is 0 Å². The molecule has 0 spiro atoms. The SMILES string of the molecule is CN=C(NCCCc1nnc2n1CCCCC2)N(C)Cc1cccn1C. The summed E-state index contributed by atoms with van der Waals surface area (Å²) >= 11 is 0. The number of guanidine groups is 1.